The molecule has 2 aliphatic rings. The Labute approximate surface area is 216 Å². The van der Waals surface area contributed by atoms with Crippen LogP contribution in [0.2, 0.25) is 0 Å². The summed E-state index contributed by atoms with van der Waals surface area (Å²) in [6.45, 7) is 2.81. The van der Waals surface area contributed by atoms with Crippen LogP contribution in [-0.4, -0.2) is 47.3 Å². The van der Waals surface area contributed by atoms with Crippen molar-refractivity contribution < 1.29 is 19.0 Å². The summed E-state index contributed by atoms with van der Waals surface area (Å²) in [5, 5.41) is 15.7. The van der Waals surface area contributed by atoms with E-state index in [-0.39, 0.29) is 11.4 Å². The Balaban J connectivity index is 1.42. The van der Waals surface area contributed by atoms with E-state index in [1.54, 1.807) is 31.4 Å². The number of methoxy groups -OCH3 is 1. The molecule has 0 radical (unpaired) electrons. The monoisotopic (exact) mass is 556 g/mol. The number of amidine groups is 2. The van der Waals surface area contributed by atoms with Gasteiger partial charge in [-0.3, -0.25) is 10.2 Å². The molecule has 0 unspecified atom stereocenters. The third kappa shape index (κ3) is 6.12. The number of rotatable bonds is 10. The molecule has 35 heavy (non-hydrogen) atoms. The number of carbonyl (C=O) groups is 1. The van der Waals surface area contributed by atoms with E-state index in [4.69, 9.17) is 19.6 Å². The minimum atomic E-state index is -0.454. The number of nitrogens with zero attached hydrogens (tertiary/aromatic N) is 3. The van der Waals surface area contributed by atoms with Gasteiger partial charge >= 0.3 is 0 Å². The lowest BCUT2D eigenvalue weighted by atomic mass is 10.1. The van der Waals surface area contributed by atoms with Crippen LogP contribution in [-0.2, 0) is 4.79 Å². The molecule has 2 aromatic rings. The highest BCUT2D eigenvalue weighted by Crippen LogP contribution is 2.32. The molecule has 4 rings (SSSR count). The molecule has 8 nitrogen and oxygen atoms in total. The van der Waals surface area contributed by atoms with Crippen LogP contribution in [0.5, 0.6) is 17.2 Å². The van der Waals surface area contributed by atoms with Crippen molar-refractivity contribution in [1.82, 2.24) is 5.01 Å². The van der Waals surface area contributed by atoms with E-state index in [0.29, 0.717) is 35.4 Å². The molecule has 182 valence electrons. The number of nitrogens with one attached hydrogen (secondary N) is 1. The molecular weight excluding hydrogens is 532 g/mol. The Morgan fingerprint density at radius 1 is 1.11 bits per heavy atom. The lowest BCUT2D eigenvalue weighted by Crippen LogP contribution is -2.35. The quantitative estimate of drug-likeness (QED) is 0.296. The molecule has 0 saturated carbocycles. The van der Waals surface area contributed by atoms with Gasteiger partial charge in [-0.1, -0.05) is 35.3 Å². The summed E-state index contributed by atoms with van der Waals surface area (Å²) < 4.78 is 18.0. The maximum Gasteiger partial charge on any atom is 0.283 e. The second-order valence-corrected chi connectivity index (χ2v) is 9.63. The molecule has 0 aliphatic carbocycles. The predicted molar refractivity (Wildman–Crippen MR) is 143 cm³/mol. The second kappa shape index (κ2) is 11.5. The minimum Gasteiger partial charge on any atom is -0.493 e. The van der Waals surface area contributed by atoms with Crippen molar-refractivity contribution in [2.45, 2.75) is 26.2 Å². The van der Waals surface area contributed by atoms with Gasteiger partial charge in [0.2, 0.25) is 5.17 Å². The molecule has 0 atom stereocenters. The highest BCUT2D eigenvalue weighted by Gasteiger charge is 2.35. The number of unbranched alkanes of at least 4 members (excludes halogenated alkanes) is 1. The van der Waals surface area contributed by atoms with Crippen molar-refractivity contribution in [3.8, 4) is 17.2 Å². The van der Waals surface area contributed by atoms with Gasteiger partial charge in [0.15, 0.2) is 17.3 Å². The summed E-state index contributed by atoms with van der Waals surface area (Å²) in [6.07, 6.45) is 4.48. The number of ether oxygens (including phenoxy) is 3. The first-order valence-corrected chi connectivity index (χ1v) is 12.8. The molecular formula is C25H25BrN4O4S. The fourth-order valence-electron chi connectivity index (χ4n) is 3.36. The summed E-state index contributed by atoms with van der Waals surface area (Å²) in [6, 6.07) is 12.9. The number of aliphatic imine (C=N–C) groups is 1. The predicted octanol–water partition coefficient (Wildman–Crippen LogP) is 5.72. The van der Waals surface area contributed by atoms with Crippen LogP contribution in [0.1, 0.15) is 31.7 Å². The number of hydrazone groups is 1. The van der Waals surface area contributed by atoms with Gasteiger partial charge in [0.05, 0.1) is 12.7 Å². The number of hydrogen-bond acceptors (Lipinski definition) is 7. The standard InChI is InChI=1S/C25H25BrN4O4S/c1-3-4-5-22-29-30-23(27)19(24(31)28-25(30)35-22)14-16-6-11-20(21(15-16)32-2)34-13-12-33-18-9-7-17(26)8-10-18/h6-11,14-15,27H,3-5,12-13H2,1-2H3/b19-14-,27-23?. The van der Waals surface area contributed by atoms with Gasteiger partial charge in [-0.05, 0) is 72.6 Å². The molecule has 1 N–H and O–H groups in total. The number of amides is 1. The first-order valence-electron chi connectivity index (χ1n) is 11.2. The average molecular weight is 557 g/mol. The van der Waals surface area contributed by atoms with Crippen molar-refractivity contribution in [3.63, 3.8) is 0 Å². The minimum absolute atomic E-state index is 0.0170. The first-order chi connectivity index (χ1) is 17.0. The Kier molecular flexibility index (Phi) is 8.25. The van der Waals surface area contributed by atoms with Crippen LogP contribution in [0.4, 0.5) is 0 Å². The summed E-state index contributed by atoms with van der Waals surface area (Å²) in [5.74, 6) is 1.39. The van der Waals surface area contributed by atoms with Gasteiger partial charge in [0, 0.05) is 4.47 Å². The molecule has 2 heterocycles. The molecule has 0 aromatic heterocycles. The summed E-state index contributed by atoms with van der Waals surface area (Å²) in [5.41, 5.74) is 0.863. The van der Waals surface area contributed by atoms with Crippen molar-refractivity contribution in [1.29, 1.82) is 5.41 Å². The van der Waals surface area contributed by atoms with E-state index in [1.165, 1.54) is 16.8 Å². The van der Waals surface area contributed by atoms with Crippen molar-refractivity contribution in [3.05, 3.63) is 58.1 Å². The van der Waals surface area contributed by atoms with Crippen LogP contribution in [0.3, 0.4) is 0 Å². The second-order valence-electron chi connectivity index (χ2n) is 7.68. The lowest BCUT2D eigenvalue weighted by Gasteiger charge is -2.20. The summed E-state index contributed by atoms with van der Waals surface area (Å²) >= 11 is 4.75. The van der Waals surface area contributed by atoms with E-state index in [0.717, 1.165) is 34.5 Å². The number of thioether (sulfide) groups is 1. The van der Waals surface area contributed by atoms with E-state index in [2.05, 4.69) is 32.9 Å². The van der Waals surface area contributed by atoms with Gasteiger partial charge < -0.3 is 14.2 Å². The highest BCUT2D eigenvalue weighted by atomic mass is 79.9. The smallest absolute Gasteiger partial charge is 0.283 e. The van der Waals surface area contributed by atoms with Gasteiger partial charge in [0.25, 0.3) is 5.91 Å². The Morgan fingerprint density at radius 2 is 1.89 bits per heavy atom. The molecule has 2 aliphatic heterocycles. The van der Waals surface area contributed by atoms with E-state index in [9.17, 15) is 4.79 Å². The van der Waals surface area contributed by atoms with E-state index >= 15 is 0 Å². The average Bonchev–Trinajstić information content (AvgIpc) is 3.27. The number of carbonyl (C=O) groups excluding carboxylic acids is 1. The molecule has 0 fully saturated rings. The SMILES string of the molecule is CCCCC1=NN2C(=N)/C(=C/c3ccc(OCCOc4ccc(Br)cc4)c(OC)c3)C(=O)N=C2S1. The third-order valence-corrected chi connectivity index (χ3v) is 6.66. The molecule has 0 spiro atoms. The van der Waals surface area contributed by atoms with Crippen molar-refractivity contribution >= 4 is 55.7 Å². The molecule has 1 amide bonds. The van der Waals surface area contributed by atoms with Gasteiger partial charge in [-0.15, -0.1) is 0 Å². The van der Waals surface area contributed by atoms with Crippen LogP contribution in [0.15, 0.2) is 62.6 Å². The largest absolute Gasteiger partial charge is 0.493 e. The Morgan fingerprint density at radius 3 is 2.63 bits per heavy atom. The van der Waals surface area contributed by atoms with Crippen LogP contribution in [0, 0.1) is 5.41 Å². The zero-order valence-corrected chi connectivity index (χ0v) is 21.8. The van der Waals surface area contributed by atoms with Crippen LogP contribution in [0.25, 0.3) is 6.08 Å². The summed E-state index contributed by atoms with van der Waals surface area (Å²) in [4.78, 5) is 16.8. The lowest BCUT2D eigenvalue weighted by molar-refractivity contribution is -0.114. The number of halogens is 1. The number of hydrogen-bond donors (Lipinski definition) is 1. The van der Waals surface area contributed by atoms with Gasteiger partial charge in [-0.2, -0.15) is 15.1 Å². The Bertz CT molecular complexity index is 1210. The third-order valence-electron chi connectivity index (χ3n) is 5.16. The van der Waals surface area contributed by atoms with Gasteiger partial charge in [0.1, 0.15) is 24.0 Å². The van der Waals surface area contributed by atoms with Gasteiger partial charge in [-0.25, -0.2) is 0 Å². The molecule has 0 bridgehead atoms. The maximum absolute atomic E-state index is 12.6. The molecule has 2 aromatic carbocycles. The normalized spacial score (nSPS) is 16.2. The molecule has 0 saturated heterocycles. The zero-order chi connectivity index (χ0) is 24.8. The highest BCUT2D eigenvalue weighted by molar-refractivity contribution is 9.10. The van der Waals surface area contributed by atoms with Crippen molar-refractivity contribution in [2.24, 2.45) is 10.1 Å². The zero-order valence-electron chi connectivity index (χ0n) is 19.4. The van der Waals surface area contributed by atoms with E-state index < -0.39 is 5.91 Å². The van der Waals surface area contributed by atoms with E-state index in [1.807, 2.05) is 24.3 Å². The maximum atomic E-state index is 12.6. The van der Waals surface area contributed by atoms with Crippen LogP contribution < -0.4 is 14.2 Å². The Hall–Kier alpha value is -3.11. The van der Waals surface area contributed by atoms with Crippen LogP contribution >= 0.6 is 27.7 Å². The topological polar surface area (TPSA) is 96.6 Å². The number of fused-ring (bicyclic) bond motifs is 1. The molecule has 10 heteroatoms. The fraction of sp³-hybridized carbons (Fsp3) is 0.280. The first kappa shape index (κ1) is 25.0. The summed E-state index contributed by atoms with van der Waals surface area (Å²) in [7, 11) is 1.55. The van der Waals surface area contributed by atoms with Crippen molar-refractivity contribution in [2.75, 3.05) is 20.3 Å². The number of benzene rings is 2. The fourth-order valence-corrected chi connectivity index (χ4v) is 4.55.